The van der Waals surface area contributed by atoms with Crippen molar-refractivity contribution in [1.82, 2.24) is 4.90 Å². The van der Waals surface area contributed by atoms with Gasteiger partial charge in [0, 0.05) is 0 Å². The molecule has 2 amide bonds. The fraction of sp³-hybridized carbons (Fsp3) is 0.556. The molecule has 1 atom stereocenters. The van der Waals surface area contributed by atoms with Crippen molar-refractivity contribution < 1.29 is 29.0 Å². The first kappa shape index (κ1) is 22.6. The van der Waals surface area contributed by atoms with Gasteiger partial charge in [0.2, 0.25) is 0 Å². The van der Waals surface area contributed by atoms with E-state index in [-0.39, 0.29) is 6.61 Å². The molecule has 0 bridgehead atoms. The molecule has 0 aromatic carbocycles. The second-order valence-electron chi connectivity index (χ2n) is 5.29. The number of unbranched alkanes of at least 4 members (excludes halogenated alkanes) is 2. The molecule has 0 fully saturated rings. The third-order valence-electron chi connectivity index (χ3n) is 3.14. The van der Waals surface area contributed by atoms with Crippen LogP contribution in [0.5, 0.6) is 0 Å². The van der Waals surface area contributed by atoms with Gasteiger partial charge in [0.1, 0.15) is 6.04 Å². The zero-order valence-corrected chi connectivity index (χ0v) is 15.1. The van der Waals surface area contributed by atoms with E-state index in [0.717, 1.165) is 12.8 Å². The number of carboxylic acid groups (broad SMARTS) is 1. The maximum absolute atomic E-state index is 12.4. The number of aliphatic carboxylic acids is 1. The van der Waals surface area contributed by atoms with E-state index in [1.54, 1.807) is 19.1 Å². The highest BCUT2D eigenvalue weighted by atomic mass is 16.5. The molecule has 0 aliphatic heterocycles. The Hall–Kier alpha value is -2.44. The van der Waals surface area contributed by atoms with E-state index >= 15 is 0 Å². The maximum atomic E-state index is 12.4. The number of imide groups is 1. The van der Waals surface area contributed by atoms with Gasteiger partial charge < -0.3 is 9.84 Å². The summed E-state index contributed by atoms with van der Waals surface area (Å²) in [4.78, 5) is 48.7. The topological polar surface area (TPSA) is 101 Å². The van der Waals surface area contributed by atoms with Crippen LogP contribution in [0.4, 0.5) is 0 Å². The number of ether oxygens (including phenoxy) is 1. The number of carbonyl (C=O) groups is 4. The fourth-order valence-electron chi connectivity index (χ4n) is 1.96. The molecule has 0 rings (SSSR count). The van der Waals surface area contributed by atoms with Gasteiger partial charge in [-0.15, -0.1) is 0 Å². The Morgan fingerprint density at radius 1 is 0.960 bits per heavy atom. The van der Waals surface area contributed by atoms with Gasteiger partial charge in [0.05, 0.1) is 13.0 Å². The number of hydrogen-bond donors (Lipinski definition) is 1. The molecule has 0 radical (unpaired) electrons. The zero-order chi connectivity index (χ0) is 19.2. The van der Waals surface area contributed by atoms with E-state index in [2.05, 4.69) is 0 Å². The average molecular weight is 353 g/mol. The molecule has 0 aliphatic carbocycles. The van der Waals surface area contributed by atoms with Crippen molar-refractivity contribution in [2.24, 2.45) is 0 Å². The van der Waals surface area contributed by atoms with Gasteiger partial charge in [-0.2, -0.15) is 0 Å². The Morgan fingerprint density at radius 2 is 1.44 bits per heavy atom. The highest BCUT2D eigenvalue weighted by molar-refractivity contribution is 6.08. The van der Waals surface area contributed by atoms with E-state index < -0.39 is 36.2 Å². The zero-order valence-electron chi connectivity index (χ0n) is 15.1. The van der Waals surface area contributed by atoms with Crippen LogP contribution in [0.1, 0.15) is 52.9 Å². The minimum absolute atomic E-state index is 0.0164. The van der Waals surface area contributed by atoms with Crippen molar-refractivity contribution in [1.29, 1.82) is 0 Å². The predicted octanol–water partition coefficient (Wildman–Crippen LogP) is 2.46. The summed E-state index contributed by atoms with van der Waals surface area (Å²) < 4.78 is 4.84. The number of nitrogens with zero attached hydrogens (tertiary/aromatic N) is 1. The molecular formula is C18H27NO6. The van der Waals surface area contributed by atoms with E-state index in [4.69, 9.17) is 9.84 Å². The van der Waals surface area contributed by atoms with Crippen molar-refractivity contribution in [3.05, 3.63) is 24.3 Å². The van der Waals surface area contributed by atoms with Crippen LogP contribution in [0.15, 0.2) is 24.3 Å². The van der Waals surface area contributed by atoms with Crippen LogP contribution in [-0.2, 0) is 23.9 Å². The Kier molecular flexibility index (Phi) is 11.7. The lowest BCUT2D eigenvalue weighted by molar-refractivity contribution is -0.160. The highest BCUT2D eigenvalue weighted by Gasteiger charge is 2.35. The van der Waals surface area contributed by atoms with Crippen LogP contribution >= 0.6 is 0 Å². The molecule has 0 aromatic heterocycles. The molecule has 0 aromatic rings. The largest absolute Gasteiger partial charge is 0.481 e. The fourth-order valence-corrected chi connectivity index (χ4v) is 1.96. The number of hydrogen-bond acceptors (Lipinski definition) is 5. The van der Waals surface area contributed by atoms with Crippen LogP contribution in [-0.4, -0.2) is 46.4 Å². The van der Waals surface area contributed by atoms with E-state index in [0.29, 0.717) is 17.7 Å². The molecular weight excluding hydrogens is 326 g/mol. The molecule has 1 N–H and O–H groups in total. The van der Waals surface area contributed by atoms with Gasteiger partial charge in [0.15, 0.2) is 0 Å². The number of amides is 2. The Labute approximate surface area is 148 Å². The number of allylic oxidation sites excluding steroid dienone is 2. The molecule has 7 nitrogen and oxygen atoms in total. The number of esters is 1. The monoisotopic (exact) mass is 353 g/mol. The van der Waals surface area contributed by atoms with Gasteiger partial charge >= 0.3 is 11.9 Å². The molecule has 1 unspecified atom stereocenters. The lowest BCUT2D eigenvalue weighted by Crippen LogP contribution is -2.49. The second-order valence-corrected chi connectivity index (χ2v) is 5.29. The number of carboxylic acids is 1. The van der Waals surface area contributed by atoms with Gasteiger partial charge in [-0.1, -0.05) is 38.8 Å². The minimum atomic E-state index is -1.50. The quantitative estimate of drug-likeness (QED) is 0.452. The predicted molar refractivity (Wildman–Crippen MR) is 92.6 cm³/mol. The summed E-state index contributed by atoms with van der Waals surface area (Å²) >= 11 is 0. The number of carbonyl (C=O) groups excluding carboxylic acids is 3. The summed E-state index contributed by atoms with van der Waals surface area (Å²) in [6.07, 6.45) is 7.70. The van der Waals surface area contributed by atoms with Crippen LogP contribution < -0.4 is 0 Å². The summed E-state index contributed by atoms with van der Waals surface area (Å²) in [6.45, 7) is 5.43. The van der Waals surface area contributed by atoms with E-state index in [9.17, 15) is 19.2 Å². The summed E-state index contributed by atoms with van der Waals surface area (Å²) in [7, 11) is 0. The molecule has 0 heterocycles. The summed E-state index contributed by atoms with van der Waals surface area (Å²) in [5.41, 5.74) is 0. The van der Waals surface area contributed by atoms with Gasteiger partial charge in [-0.3, -0.25) is 19.3 Å². The van der Waals surface area contributed by atoms with Crippen LogP contribution in [0, 0.1) is 0 Å². The van der Waals surface area contributed by atoms with Crippen molar-refractivity contribution >= 4 is 23.8 Å². The molecule has 25 heavy (non-hydrogen) atoms. The van der Waals surface area contributed by atoms with Gasteiger partial charge in [0.25, 0.3) is 11.8 Å². The minimum Gasteiger partial charge on any atom is -0.481 e. The first-order chi connectivity index (χ1) is 11.9. The summed E-state index contributed by atoms with van der Waals surface area (Å²) in [6, 6.07) is -1.50. The normalized spacial score (nSPS) is 12.3. The molecule has 140 valence electrons. The highest BCUT2D eigenvalue weighted by Crippen LogP contribution is 2.11. The first-order valence-electron chi connectivity index (χ1n) is 8.47. The van der Waals surface area contributed by atoms with E-state index in [1.165, 1.54) is 12.2 Å². The summed E-state index contributed by atoms with van der Waals surface area (Å²) in [5.74, 6) is -3.70. The van der Waals surface area contributed by atoms with Crippen LogP contribution in [0.2, 0.25) is 0 Å². The van der Waals surface area contributed by atoms with Crippen molar-refractivity contribution in [3.8, 4) is 0 Å². The molecule has 0 spiro atoms. The lowest BCUT2D eigenvalue weighted by atomic mass is 10.1. The molecule has 0 saturated heterocycles. The van der Waals surface area contributed by atoms with Crippen LogP contribution in [0.3, 0.4) is 0 Å². The van der Waals surface area contributed by atoms with Crippen molar-refractivity contribution in [2.45, 2.75) is 58.9 Å². The lowest BCUT2D eigenvalue weighted by Gasteiger charge is -2.25. The Morgan fingerprint density at radius 3 is 1.80 bits per heavy atom. The smallest absolute Gasteiger partial charge is 0.329 e. The SMILES string of the molecule is CCC/C=C/C(=O)N(C(=O)/C=C/CCC)C(CC(=O)O)C(=O)OCC. The second kappa shape index (κ2) is 12.9. The molecule has 0 saturated carbocycles. The maximum Gasteiger partial charge on any atom is 0.329 e. The van der Waals surface area contributed by atoms with E-state index in [1.807, 2.05) is 13.8 Å². The van der Waals surface area contributed by atoms with Crippen molar-refractivity contribution in [2.75, 3.05) is 6.61 Å². The van der Waals surface area contributed by atoms with Crippen molar-refractivity contribution in [3.63, 3.8) is 0 Å². The summed E-state index contributed by atoms with van der Waals surface area (Å²) in [5, 5.41) is 9.05. The average Bonchev–Trinajstić information content (AvgIpc) is 2.54. The number of rotatable bonds is 11. The third-order valence-corrected chi connectivity index (χ3v) is 3.14. The van der Waals surface area contributed by atoms with Gasteiger partial charge in [-0.25, -0.2) is 4.79 Å². The third kappa shape index (κ3) is 8.83. The Balaban J connectivity index is 5.66. The Bertz CT molecular complexity index is 496. The van der Waals surface area contributed by atoms with Gasteiger partial charge in [-0.05, 0) is 31.9 Å². The molecule has 7 heteroatoms. The molecule has 0 aliphatic rings. The standard InChI is InChI=1S/C18H27NO6/c1-4-7-9-11-15(20)19(16(21)12-10-8-5-2)14(13-17(22)23)18(24)25-6-3/h9-12,14H,4-8,13H2,1-3H3,(H,22,23)/b11-9+,12-10+. The van der Waals surface area contributed by atoms with Crippen LogP contribution in [0.25, 0.3) is 0 Å². The first-order valence-corrected chi connectivity index (χ1v) is 8.47.